The van der Waals surface area contributed by atoms with Gasteiger partial charge in [-0.25, -0.2) is 8.42 Å². The van der Waals surface area contributed by atoms with Gasteiger partial charge in [0.25, 0.3) is 15.0 Å². The molecular weight excluding hydrogens is 378 g/mol. The number of carbonyl (C=O) groups is 1. The molecule has 4 nitrogen and oxygen atoms in total. The third-order valence-electron chi connectivity index (χ3n) is 4.03. The van der Waals surface area contributed by atoms with Crippen LogP contribution >= 0.6 is 26.6 Å². The minimum absolute atomic E-state index is 0.0771. The zero-order valence-electron chi connectivity index (χ0n) is 11.6. The number of hydrogen-bond donors (Lipinski definition) is 1. The molecular formula is C14H17BrClNO3S. The van der Waals surface area contributed by atoms with Crippen LogP contribution in [-0.2, 0) is 9.05 Å². The number of carbonyl (C=O) groups excluding carboxylic acids is 1. The summed E-state index contributed by atoms with van der Waals surface area (Å²) in [6.07, 6.45) is 3.52. The summed E-state index contributed by atoms with van der Waals surface area (Å²) in [7, 11) is 1.47. The Morgan fingerprint density at radius 3 is 2.71 bits per heavy atom. The lowest BCUT2D eigenvalue weighted by atomic mass is 9.98. The van der Waals surface area contributed by atoms with Crippen molar-refractivity contribution in [1.82, 2.24) is 5.32 Å². The lowest BCUT2D eigenvalue weighted by Gasteiger charge is -2.16. The zero-order valence-corrected chi connectivity index (χ0v) is 14.8. The number of hydrogen-bond acceptors (Lipinski definition) is 3. The third-order valence-corrected chi connectivity index (χ3v) is 6.07. The maximum absolute atomic E-state index is 12.2. The second-order valence-corrected chi connectivity index (χ2v) is 8.88. The van der Waals surface area contributed by atoms with Crippen LogP contribution in [0.15, 0.2) is 27.6 Å². The summed E-state index contributed by atoms with van der Waals surface area (Å²) in [5, 5.41) is 2.88. The Hall–Kier alpha value is -0.590. The van der Waals surface area contributed by atoms with E-state index in [1.54, 1.807) is 0 Å². The predicted octanol–water partition coefficient (Wildman–Crippen LogP) is 3.54. The van der Waals surface area contributed by atoms with Crippen LogP contribution in [0.5, 0.6) is 0 Å². The molecule has 0 saturated heterocycles. The fourth-order valence-electron chi connectivity index (χ4n) is 2.67. The van der Waals surface area contributed by atoms with Crippen LogP contribution in [0.1, 0.15) is 36.5 Å². The van der Waals surface area contributed by atoms with E-state index in [0.717, 1.165) is 6.42 Å². The normalized spacial score (nSPS) is 22.2. The van der Waals surface area contributed by atoms with Crippen molar-refractivity contribution in [3.05, 3.63) is 28.2 Å². The number of benzene rings is 1. The summed E-state index contributed by atoms with van der Waals surface area (Å²) in [5.41, 5.74) is 0.280. The highest BCUT2D eigenvalue weighted by molar-refractivity contribution is 9.10. The van der Waals surface area contributed by atoms with Crippen molar-refractivity contribution in [1.29, 1.82) is 0 Å². The topological polar surface area (TPSA) is 63.2 Å². The highest BCUT2D eigenvalue weighted by Gasteiger charge is 2.24. The Labute approximate surface area is 137 Å². The van der Waals surface area contributed by atoms with Gasteiger partial charge < -0.3 is 5.32 Å². The standard InChI is InChI=1S/C14H17BrClNO3S/c1-9-3-2-4-10(9)8-17-14(18)12-7-11(21(16,19)20)5-6-13(12)15/h5-7,9-10H,2-4,8H2,1H3,(H,17,18). The maximum Gasteiger partial charge on any atom is 0.261 e. The Morgan fingerprint density at radius 2 is 2.14 bits per heavy atom. The largest absolute Gasteiger partial charge is 0.352 e. The SMILES string of the molecule is CC1CCCC1CNC(=O)c1cc(S(=O)(=O)Cl)ccc1Br. The van der Waals surface area contributed by atoms with Gasteiger partial charge >= 0.3 is 0 Å². The van der Waals surface area contributed by atoms with Gasteiger partial charge in [0.15, 0.2) is 0 Å². The van der Waals surface area contributed by atoms with Gasteiger partial charge in [-0.2, -0.15) is 0 Å². The van der Waals surface area contributed by atoms with Crippen molar-refractivity contribution in [2.24, 2.45) is 11.8 Å². The predicted molar refractivity (Wildman–Crippen MR) is 86.0 cm³/mol. The molecule has 2 rings (SSSR count). The Kier molecular flexibility index (Phi) is 5.33. The van der Waals surface area contributed by atoms with E-state index in [0.29, 0.717) is 22.9 Å². The van der Waals surface area contributed by atoms with E-state index in [-0.39, 0.29) is 16.4 Å². The van der Waals surface area contributed by atoms with E-state index < -0.39 is 9.05 Å². The summed E-state index contributed by atoms with van der Waals surface area (Å²) < 4.78 is 23.2. The van der Waals surface area contributed by atoms with Crippen LogP contribution in [0.2, 0.25) is 0 Å². The molecule has 0 aliphatic heterocycles. The van der Waals surface area contributed by atoms with Crippen molar-refractivity contribution in [3.8, 4) is 0 Å². The molecule has 1 aliphatic carbocycles. The molecule has 1 aromatic carbocycles. The molecule has 21 heavy (non-hydrogen) atoms. The van der Waals surface area contributed by atoms with Crippen molar-refractivity contribution >= 4 is 41.6 Å². The molecule has 0 heterocycles. The minimum atomic E-state index is -3.84. The lowest BCUT2D eigenvalue weighted by molar-refractivity contribution is 0.0943. The molecule has 1 aromatic rings. The lowest BCUT2D eigenvalue weighted by Crippen LogP contribution is -2.30. The van der Waals surface area contributed by atoms with Crippen molar-refractivity contribution in [2.75, 3.05) is 6.54 Å². The summed E-state index contributed by atoms with van der Waals surface area (Å²) in [6.45, 7) is 2.81. The number of nitrogens with one attached hydrogen (secondary N) is 1. The first kappa shape index (κ1) is 16.8. The molecule has 0 aromatic heterocycles. The first-order valence-corrected chi connectivity index (χ1v) is 9.91. The van der Waals surface area contributed by atoms with Gasteiger partial charge in [0.05, 0.1) is 10.5 Å². The minimum Gasteiger partial charge on any atom is -0.352 e. The molecule has 0 spiro atoms. The second-order valence-electron chi connectivity index (χ2n) is 5.46. The van der Waals surface area contributed by atoms with Crippen LogP contribution < -0.4 is 5.32 Å². The van der Waals surface area contributed by atoms with Gasteiger partial charge in [0, 0.05) is 21.7 Å². The molecule has 0 radical (unpaired) electrons. The molecule has 7 heteroatoms. The second kappa shape index (κ2) is 6.67. The van der Waals surface area contributed by atoms with E-state index in [9.17, 15) is 13.2 Å². The molecule has 1 amide bonds. The molecule has 2 unspecified atom stereocenters. The molecule has 1 N–H and O–H groups in total. The van der Waals surface area contributed by atoms with Crippen molar-refractivity contribution in [2.45, 2.75) is 31.1 Å². The van der Waals surface area contributed by atoms with Crippen LogP contribution in [0.4, 0.5) is 0 Å². The fourth-order valence-corrected chi connectivity index (χ4v) is 3.88. The molecule has 0 bridgehead atoms. The van der Waals surface area contributed by atoms with Gasteiger partial charge in [-0.05, 0) is 52.4 Å². The van der Waals surface area contributed by atoms with Crippen LogP contribution in [0.3, 0.4) is 0 Å². The van der Waals surface area contributed by atoms with Gasteiger partial charge in [0.2, 0.25) is 0 Å². The number of halogens is 2. The molecule has 1 aliphatic rings. The molecule has 2 atom stereocenters. The summed E-state index contributed by atoms with van der Waals surface area (Å²) in [4.78, 5) is 12.2. The van der Waals surface area contributed by atoms with Crippen molar-refractivity contribution < 1.29 is 13.2 Å². The zero-order chi connectivity index (χ0) is 15.6. The van der Waals surface area contributed by atoms with Gasteiger partial charge in [0.1, 0.15) is 0 Å². The van der Waals surface area contributed by atoms with E-state index in [2.05, 4.69) is 28.2 Å². The highest BCUT2D eigenvalue weighted by atomic mass is 79.9. The van der Waals surface area contributed by atoms with E-state index in [1.807, 2.05) is 0 Å². The summed E-state index contributed by atoms with van der Waals surface area (Å²) in [6, 6.07) is 4.17. The van der Waals surface area contributed by atoms with Gasteiger partial charge in [-0.1, -0.05) is 19.8 Å². The van der Waals surface area contributed by atoms with E-state index in [1.165, 1.54) is 31.0 Å². The fraction of sp³-hybridized carbons (Fsp3) is 0.500. The van der Waals surface area contributed by atoms with Crippen molar-refractivity contribution in [3.63, 3.8) is 0 Å². The van der Waals surface area contributed by atoms with Crippen LogP contribution in [-0.4, -0.2) is 20.9 Å². The van der Waals surface area contributed by atoms with E-state index in [4.69, 9.17) is 10.7 Å². The summed E-state index contributed by atoms with van der Waals surface area (Å²) >= 11 is 3.26. The molecule has 1 saturated carbocycles. The first-order chi connectivity index (χ1) is 9.79. The number of rotatable bonds is 4. The monoisotopic (exact) mass is 393 g/mol. The van der Waals surface area contributed by atoms with Crippen LogP contribution in [0, 0.1) is 11.8 Å². The van der Waals surface area contributed by atoms with Gasteiger partial charge in [-0.3, -0.25) is 4.79 Å². The summed E-state index contributed by atoms with van der Waals surface area (Å²) in [5.74, 6) is 0.819. The maximum atomic E-state index is 12.2. The Bertz CT molecular complexity index is 648. The molecule has 116 valence electrons. The smallest absolute Gasteiger partial charge is 0.261 e. The Balaban J connectivity index is 2.11. The average Bonchev–Trinajstić information content (AvgIpc) is 2.80. The van der Waals surface area contributed by atoms with Crippen LogP contribution in [0.25, 0.3) is 0 Å². The Morgan fingerprint density at radius 1 is 1.43 bits per heavy atom. The number of amides is 1. The third kappa shape index (κ3) is 4.20. The quantitative estimate of drug-likeness (QED) is 0.794. The average molecular weight is 395 g/mol. The van der Waals surface area contributed by atoms with E-state index >= 15 is 0 Å². The van der Waals surface area contributed by atoms with Gasteiger partial charge in [-0.15, -0.1) is 0 Å². The first-order valence-electron chi connectivity index (χ1n) is 6.81. The molecule has 1 fully saturated rings. The highest BCUT2D eigenvalue weighted by Crippen LogP contribution is 2.30.